The summed E-state index contributed by atoms with van der Waals surface area (Å²) in [6.07, 6.45) is 2.71. The van der Waals surface area contributed by atoms with Crippen molar-refractivity contribution in [2.75, 3.05) is 26.2 Å². The molecule has 1 aliphatic heterocycles. The van der Waals surface area contributed by atoms with Crippen molar-refractivity contribution in [2.45, 2.75) is 33.7 Å². The van der Waals surface area contributed by atoms with Crippen LogP contribution < -0.4 is 0 Å². The first-order valence-electron chi connectivity index (χ1n) is 10.7. The number of carbonyl (C=O) groups is 1. The Morgan fingerprint density at radius 2 is 1.63 bits per heavy atom. The second-order valence-corrected chi connectivity index (χ2v) is 8.19. The van der Waals surface area contributed by atoms with E-state index in [0.29, 0.717) is 5.56 Å². The molecule has 1 aromatic heterocycles. The molecular formula is C25H30N4O. The highest BCUT2D eigenvalue weighted by Crippen LogP contribution is 2.20. The first kappa shape index (κ1) is 20.4. The lowest BCUT2D eigenvalue weighted by atomic mass is 10.1. The van der Waals surface area contributed by atoms with Gasteiger partial charge in [0.2, 0.25) is 0 Å². The quantitative estimate of drug-likeness (QED) is 0.658. The minimum atomic E-state index is 0.0880. The van der Waals surface area contributed by atoms with Gasteiger partial charge < -0.3 is 4.90 Å². The Balaban J connectivity index is 1.46. The maximum atomic E-state index is 13.3. The Hall–Kier alpha value is -2.92. The molecule has 2 aromatic carbocycles. The van der Waals surface area contributed by atoms with Gasteiger partial charge >= 0.3 is 0 Å². The summed E-state index contributed by atoms with van der Waals surface area (Å²) in [7, 11) is 0. The number of rotatable bonds is 4. The van der Waals surface area contributed by atoms with Gasteiger partial charge in [-0.25, -0.2) is 4.68 Å². The van der Waals surface area contributed by atoms with Crippen molar-refractivity contribution in [3.8, 4) is 5.69 Å². The van der Waals surface area contributed by atoms with Gasteiger partial charge in [0, 0.05) is 32.7 Å². The van der Waals surface area contributed by atoms with Crippen LogP contribution in [0.3, 0.4) is 0 Å². The predicted octanol–water partition coefficient (Wildman–Crippen LogP) is 4.15. The van der Waals surface area contributed by atoms with E-state index in [0.717, 1.165) is 56.1 Å². The molecule has 0 unspecified atom stereocenters. The largest absolute Gasteiger partial charge is 0.337 e. The smallest absolute Gasteiger partial charge is 0.257 e. The first-order valence-corrected chi connectivity index (χ1v) is 10.7. The molecule has 1 amide bonds. The van der Waals surface area contributed by atoms with Crippen LogP contribution in [-0.2, 0) is 6.54 Å². The van der Waals surface area contributed by atoms with E-state index in [1.54, 1.807) is 6.20 Å². The van der Waals surface area contributed by atoms with Crippen LogP contribution in [0.5, 0.6) is 0 Å². The maximum Gasteiger partial charge on any atom is 0.257 e. The number of amides is 1. The summed E-state index contributed by atoms with van der Waals surface area (Å²) in [5.74, 6) is 0.0880. The molecule has 4 rings (SSSR count). The molecule has 0 spiro atoms. The van der Waals surface area contributed by atoms with E-state index in [1.165, 1.54) is 11.1 Å². The SMILES string of the molecule is Cc1ccccc1CN1CCCN(C(=O)c2cnn(-c3ccccc3C)c2C)CC1. The van der Waals surface area contributed by atoms with Crippen molar-refractivity contribution >= 4 is 5.91 Å². The number of aromatic nitrogens is 2. The molecule has 0 aliphatic carbocycles. The number of aryl methyl sites for hydroxylation is 2. The molecule has 0 radical (unpaired) electrons. The highest BCUT2D eigenvalue weighted by Gasteiger charge is 2.24. The second-order valence-electron chi connectivity index (χ2n) is 8.19. The van der Waals surface area contributed by atoms with E-state index in [-0.39, 0.29) is 5.91 Å². The van der Waals surface area contributed by atoms with Crippen LogP contribution in [0.2, 0.25) is 0 Å². The van der Waals surface area contributed by atoms with Crippen LogP contribution in [0.4, 0.5) is 0 Å². The van der Waals surface area contributed by atoms with Crippen molar-refractivity contribution in [1.82, 2.24) is 19.6 Å². The van der Waals surface area contributed by atoms with Gasteiger partial charge in [0.15, 0.2) is 0 Å². The molecule has 1 saturated heterocycles. The predicted molar refractivity (Wildman–Crippen MR) is 120 cm³/mol. The van der Waals surface area contributed by atoms with Crippen molar-refractivity contribution in [3.63, 3.8) is 0 Å². The molecule has 5 heteroatoms. The fourth-order valence-corrected chi connectivity index (χ4v) is 4.19. The molecule has 2 heterocycles. The molecule has 0 N–H and O–H groups in total. The van der Waals surface area contributed by atoms with Gasteiger partial charge in [-0.05, 0) is 49.9 Å². The lowest BCUT2D eigenvalue weighted by molar-refractivity contribution is 0.0760. The maximum absolute atomic E-state index is 13.3. The first-order chi connectivity index (χ1) is 14.5. The average molecular weight is 403 g/mol. The third kappa shape index (κ3) is 4.17. The van der Waals surface area contributed by atoms with Crippen LogP contribution >= 0.6 is 0 Å². The van der Waals surface area contributed by atoms with Gasteiger partial charge in [0.05, 0.1) is 23.1 Å². The van der Waals surface area contributed by atoms with Gasteiger partial charge in [0.25, 0.3) is 5.91 Å². The molecule has 3 aromatic rings. The minimum absolute atomic E-state index is 0.0880. The second kappa shape index (κ2) is 8.84. The lowest BCUT2D eigenvalue weighted by Gasteiger charge is -2.22. The number of nitrogens with zero attached hydrogens (tertiary/aromatic N) is 4. The summed E-state index contributed by atoms with van der Waals surface area (Å²) in [6.45, 7) is 10.6. The van der Waals surface area contributed by atoms with E-state index < -0.39 is 0 Å². The van der Waals surface area contributed by atoms with Gasteiger partial charge in [-0.2, -0.15) is 5.10 Å². The van der Waals surface area contributed by atoms with E-state index >= 15 is 0 Å². The Morgan fingerprint density at radius 3 is 2.40 bits per heavy atom. The van der Waals surface area contributed by atoms with Crippen molar-refractivity contribution in [1.29, 1.82) is 0 Å². The van der Waals surface area contributed by atoms with Crippen LogP contribution in [0.1, 0.15) is 39.2 Å². The monoisotopic (exact) mass is 402 g/mol. The van der Waals surface area contributed by atoms with Crippen molar-refractivity contribution in [2.24, 2.45) is 0 Å². The molecule has 0 bridgehead atoms. The van der Waals surface area contributed by atoms with Gasteiger partial charge in [0.1, 0.15) is 0 Å². The normalized spacial score (nSPS) is 15.2. The summed E-state index contributed by atoms with van der Waals surface area (Å²) in [6, 6.07) is 16.7. The van der Waals surface area contributed by atoms with Crippen LogP contribution in [0.25, 0.3) is 5.69 Å². The zero-order chi connectivity index (χ0) is 21.1. The van der Waals surface area contributed by atoms with Gasteiger partial charge in [-0.15, -0.1) is 0 Å². The summed E-state index contributed by atoms with van der Waals surface area (Å²) < 4.78 is 1.88. The molecule has 0 atom stereocenters. The summed E-state index contributed by atoms with van der Waals surface area (Å²) in [5.41, 5.74) is 6.46. The third-order valence-corrected chi connectivity index (χ3v) is 6.11. The Kier molecular flexibility index (Phi) is 6.00. The standard InChI is InChI=1S/C25H30N4O/c1-19-9-4-6-11-22(19)18-27-13-8-14-28(16-15-27)25(30)23-17-26-29(21(23)3)24-12-7-5-10-20(24)2/h4-7,9-12,17H,8,13-16,18H2,1-3H3. The Morgan fingerprint density at radius 1 is 0.900 bits per heavy atom. The van der Waals surface area contributed by atoms with Crippen LogP contribution in [0, 0.1) is 20.8 Å². The zero-order valence-corrected chi connectivity index (χ0v) is 18.1. The molecule has 1 aliphatic rings. The van der Waals surface area contributed by atoms with Crippen molar-refractivity contribution in [3.05, 3.63) is 82.7 Å². The highest BCUT2D eigenvalue weighted by molar-refractivity contribution is 5.95. The number of hydrogen-bond acceptors (Lipinski definition) is 3. The molecule has 5 nitrogen and oxygen atoms in total. The zero-order valence-electron chi connectivity index (χ0n) is 18.1. The molecular weight excluding hydrogens is 372 g/mol. The number of para-hydroxylation sites is 1. The summed E-state index contributed by atoms with van der Waals surface area (Å²) >= 11 is 0. The number of benzene rings is 2. The average Bonchev–Trinajstić information content (AvgIpc) is 2.96. The third-order valence-electron chi connectivity index (χ3n) is 6.11. The Labute approximate surface area is 178 Å². The number of hydrogen-bond donors (Lipinski definition) is 0. The Bertz CT molecular complexity index is 1040. The van der Waals surface area contributed by atoms with E-state index in [9.17, 15) is 4.79 Å². The van der Waals surface area contributed by atoms with E-state index in [4.69, 9.17) is 0 Å². The highest BCUT2D eigenvalue weighted by atomic mass is 16.2. The molecule has 0 saturated carbocycles. The van der Waals surface area contributed by atoms with Gasteiger partial charge in [-0.3, -0.25) is 9.69 Å². The topological polar surface area (TPSA) is 41.4 Å². The summed E-state index contributed by atoms with van der Waals surface area (Å²) in [5, 5.41) is 4.53. The van der Waals surface area contributed by atoms with Gasteiger partial charge in [-0.1, -0.05) is 42.5 Å². The number of carbonyl (C=O) groups excluding carboxylic acids is 1. The van der Waals surface area contributed by atoms with E-state index in [1.807, 2.05) is 34.7 Å². The van der Waals surface area contributed by atoms with Crippen molar-refractivity contribution < 1.29 is 4.79 Å². The summed E-state index contributed by atoms with van der Waals surface area (Å²) in [4.78, 5) is 17.7. The molecule has 30 heavy (non-hydrogen) atoms. The molecule has 1 fully saturated rings. The fourth-order valence-electron chi connectivity index (χ4n) is 4.19. The minimum Gasteiger partial charge on any atom is -0.337 e. The lowest BCUT2D eigenvalue weighted by Crippen LogP contribution is -2.35. The van der Waals surface area contributed by atoms with Crippen LogP contribution in [-0.4, -0.2) is 51.7 Å². The van der Waals surface area contributed by atoms with E-state index in [2.05, 4.69) is 54.2 Å². The van der Waals surface area contributed by atoms with Crippen LogP contribution in [0.15, 0.2) is 54.7 Å². The fraction of sp³-hybridized carbons (Fsp3) is 0.360. The molecule has 156 valence electrons.